The number of unbranched alkanes of at least 4 members (excludes halogenated alkanes) is 14. The number of benzene rings is 1. The first kappa shape index (κ1) is 34.3. The smallest absolute Gasteiger partial charge is 0.310 e. The van der Waals surface area contributed by atoms with Gasteiger partial charge in [0, 0.05) is 6.42 Å². The molecule has 1 N–H and O–H groups in total. The minimum absolute atomic E-state index is 0.170. The van der Waals surface area contributed by atoms with Crippen LogP contribution >= 0.6 is 0 Å². The molecular formula is C35H60O3. The Morgan fingerprint density at radius 1 is 0.737 bits per heavy atom. The lowest BCUT2D eigenvalue weighted by atomic mass is 9.78. The highest BCUT2D eigenvalue weighted by atomic mass is 16.5. The highest BCUT2D eigenvalue weighted by Gasteiger charge is 2.26. The molecule has 0 bridgehead atoms. The van der Waals surface area contributed by atoms with Gasteiger partial charge in [-0.1, -0.05) is 144 Å². The zero-order valence-corrected chi connectivity index (χ0v) is 26.1. The maximum absolute atomic E-state index is 12.3. The van der Waals surface area contributed by atoms with Gasteiger partial charge in [0.25, 0.3) is 0 Å². The fraction of sp³-hybridized carbons (Fsp3) is 0.743. The molecule has 0 aromatic heterocycles. The van der Waals surface area contributed by atoms with E-state index < -0.39 is 0 Å². The molecule has 0 saturated heterocycles. The van der Waals surface area contributed by atoms with Gasteiger partial charge >= 0.3 is 5.97 Å². The molecule has 1 aromatic rings. The average molecular weight is 529 g/mol. The summed E-state index contributed by atoms with van der Waals surface area (Å²) in [5, 5.41) is 10.9. The van der Waals surface area contributed by atoms with Crippen molar-refractivity contribution < 1.29 is 14.6 Å². The zero-order chi connectivity index (χ0) is 28.4. The monoisotopic (exact) mass is 528 g/mol. The van der Waals surface area contributed by atoms with Gasteiger partial charge in [0.15, 0.2) is 0 Å². The molecule has 0 spiro atoms. The van der Waals surface area contributed by atoms with Crippen LogP contribution in [0.1, 0.15) is 168 Å². The summed E-state index contributed by atoms with van der Waals surface area (Å²) in [7, 11) is 0. The summed E-state index contributed by atoms with van der Waals surface area (Å²) >= 11 is 0. The molecule has 0 amide bonds. The summed E-state index contributed by atoms with van der Waals surface area (Å²) in [6.45, 7) is 14.9. The fourth-order valence-electron chi connectivity index (χ4n) is 4.94. The van der Waals surface area contributed by atoms with Crippen LogP contribution in [0.25, 0.3) is 0 Å². The third-order valence-electron chi connectivity index (χ3n) is 7.42. The molecule has 0 unspecified atom stereocenters. The fourth-order valence-corrected chi connectivity index (χ4v) is 4.94. The molecule has 0 heterocycles. The molecule has 0 aliphatic rings. The number of hydrogen-bond acceptors (Lipinski definition) is 3. The summed E-state index contributed by atoms with van der Waals surface area (Å²) in [5.41, 5.74) is 2.59. The molecule has 3 heteroatoms. The quantitative estimate of drug-likeness (QED) is 0.110. The Labute approximate surface area is 235 Å². The first-order valence-electron chi connectivity index (χ1n) is 15.7. The van der Waals surface area contributed by atoms with Crippen LogP contribution in [0.5, 0.6) is 5.75 Å². The third kappa shape index (κ3) is 15.0. The van der Waals surface area contributed by atoms with Crippen molar-refractivity contribution in [2.24, 2.45) is 0 Å². The summed E-state index contributed by atoms with van der Waals surface area (Å²) < 4.78 is 5.33. The number of phenols is 1. The van der Waals surface area contributed by atoms with Gasteiger partial charge in [0.1, 0.15) is 5.75 Å². The summed E-state index contributed by atoms with van der Waals surface area (Å²) in [6.07, 6.45) is 24.6. The van der Waals surface area contributed by atoms with E-state index in [4.69, 9.17) is 4.74 Å². The van der Waals surface area contributed by atoms with Crippen LogP contribution in [0.3, 0.4) is 0 Å². The number of carbonyl (C=O) groups is 1. The summed E-state index contributed by atoms with van der Waals surface area (Å²) in [5.74, 6) is 0.174. The molecule has 0 saturated carbocycles. The Hall–Kier alpha value is -1.77. The average Bonchev–Trinajstić information content (AvgIpc) is 2.83. The molecular weight excluding hydrogens is 468 g/mol. The van der Waals surface area contributed by atoms with E-state index >= 15 is 0 Å². The van der Waals surface area contributed by atoms with Crippen molar-refractivity contribution in [3.05, 3.63) is 41.2 Å². The number of esters is 1. The molecule has 0 radical (unpaired) electrons. The van der Waals surface area contributed by atoms with Crippen LogP contribution in [0.2, 0.25) is 0 Å². The van der Waals surface area contributed by atoms with Crippen molar-refractivity contribution in [1.29, 1.82) is 0 Å². The topological polar surface area (TPSA) is 46.5 Å². The standard InChI is InChI=1S/C35H60O3/c1-8-9-10-11-12-13-14-15-16-17-18-19-20-21-22-23-26-38-32(36)25-24-29-27-30(34(2,3)4)33(37)31(28-29)35(5,6)7/h23,26-28,37H,8-22,24-25H2,1-7H3. The largest absolute Gasteiger partial charge is 0.507 e. The number of ether oxygens (including phenoxy) is 1. The maximum Gasteiger partial charge on any atom is 0.310 e. The van der Waals surface area contributed by atoms with Gasteiger partial charge in [-0.25, -0.2) is 0 Å². The predicted molar refractivity (Wildman–Crippen MR) is 164 cm³/mol. The van der Waals surface area contributed by atoms with Crippen molar-refractivity contribution >= 4 is 5.97 Å². The Morgan fingerprint density at radius 2 is 1.16 bits per heavy atom. The molecule has 1 rings (SSSR count). The van der Waals surface area contributed by atoms with Gasteiger partial charge in [0.2, 0.25) is 0 Å². The SMILES string of the molecule is CCCCCCCCCCCCCCCCC=COC(=O)CCc1cc(C(C)(C)C)c(O)c(C(C)(C)C)c1. The molecule has 1 aromatic carbocycles. The van der Waals surface area contributed by atoms with Gasteiger partial charge in [-0.3, -0.25) is 4.79 Å². The van der Waals surface area contributed by atoms with Crippen molar-refractivity contribution in [2.45, 2.75) is 168 Å². The van der Waals surface area contributed by atoms with Gasteiger partial charge in [0.05, 0.1) is 6.26 Å². The van der Waals surface area contributed by atoms with Crippen LogP contribution in [0.15, 0.2) is 24.5 Å². The molecule has 0 aliphatic heterocycles. The number of carbonyl (C=O) groups excluding carboxylic acids is 1. The summed E-state index contributed by atoms with van der Waals surface area (Å²) in [6, 6.07) is 4.09. The number of aryl methyl sites for hydroxylation is 1. The second-order valence-corrected chi connectivity index (χ2v) is 13.3. The van der Waals surface area contributed by atoms with Crippen LogP contribution in [-0.4, -0.2) is 11.1 Å². The van der Waals surface area contributed by atoms with E-state index in [-0.39, 0.29) is 16.8 Å². The first-order valence-corrected chi connectivity index (χ1v) is 15.7. The number of phenolic OH excluding ortho intramolecular Hbond substituents is 1. The highest BCUT2D eigenvalue weighted by molar-refractivity contribution is 5.70. The van der Waals surface area contributed by atoms with E-state index in [9.17, 15) is 9.90 Å². The van der Waals surface area contributed by atoms with Crippen molar-refractivity contribution in [1.82, 2.24) is 0 Å². The van der Waals surface area contributed by atoms with E-state index in [1.807, 2.05) is 18.2 Å². The van der Waals surface area contributed by atoms with Gasteiger partial charge in [-0.05, 0) is 52.9 Å². The third-order valence-corrected chi connectivity index (χ3v) is 7.42. The van der Waals surface area contributed by atoms with Gasteiger partial charge in [-0.15, -0.1) is 0 Å². The minimum atomic E-state index is -0.204. The van der Waals surface area contributed by atoms with E-state index in [1.54, 1.807) is 6.26 Å². The Balaban J connectivity index is 2.19. The lowest BCUT2D eigenvalue weighted by Gasteiger charge is -2.28. The van der Waals surface area contributed by atoms with E-state index in [0.29, 0.717) is 18.6 Å². The highest BCUT2D eigenvalue weighted by Crippen LogP contribution is 2.40. The van der Waals surface area contributed by atoms with Crippen LogP contribution in [0.4, 0.5) is 0 Å². The minimum Gasteiger partial charge on any atom is -0.507 e. The maximum atomic E-state index is 12.3. The van der Waals surface area contributed by atoms with E-state index in [1.165, 1.54) is 83.5 Å². The lowest BCUT2D eigenvalue weighted by Crippen LogP contribution is -2.18. The molecule has 218 valence electrons. The first-order chi connectivity index (χ1) is 18.0. The van der Waals surface area contributed by atoms with E-state index in [2.05, 4.69) is 48.5 Å². The Bertz CT molecular complexity index is 772. The molecule has 0 atom stereocenters. The number of allylic oxidation sites excluding steroid dienone is 1. The molecule has 0 fully saturated rings. The number of hydrogen-bond donors (Lipinski definition) is 1. The lowest BCUT2D eigenvalue weighted by molar-refractivity contribution is -0.138. The second kappa shape index (κ2) is 18.5. The molecule has 3 nitrogen and oxygen atoms in total. The molecule has 38 heavy (non-hydrogen) atoms. The van der Waals surface area contributed by atoms with Crippen LogP contribution < -0.4 is 0 Å². The molecule has 0 aliphatic carbocycles. The van der Waals surface area contributed by atoms with Gasteiger partial charge < -0.3 is 9.84 Å². The van der Waals surface area contributed by atoms with Crippen LogP contribution in [0, 0.1) is 0 Å². The number of aromatic hydroxyl groups is 1. The second-order valence-electron chi connectivity index (χ2n) is 13.3. The Kier molecular flexibility index (Phi) is 16.7. The van der Waals surface area contributed by atoms with Crippen molar-refractivity contribution in [3.63, 3.8) is 0 Å². The van der Waals surface area contributed by atoms with Crippen molar-refractivity contribution in [3.8, 4) is 5.75 Å². The predicted octanol–water partition coefficient (Wildman–Crippen LogP) is 10.8. The zero-order valence-electron chi connectivity index (χ0n) is 26.1. The van der Waals surface area contributed by atoms with E-state index in [0.717, 1.165) is 29.5 Å². The van der Waals surface area contributed by atoms with Crippen LogP contribution in [-0.2, 0) is 26.8 Å². The number of rotatable bonds is 19. The van der Waals surface area contributed by atoms with Gasteiger partial charge in [-0.2, -0.15) is 0 Å². The summed E-state index contributed by atoms with van der Waals surface area (Å²) in [4.78, 5) is 12.3. The normalized spacial score (nSPS) is 12.4. The van der Waals surface area contributed by atoms with Crippen molar-refractivity contribution in [2.75, 3.05) is 0 Å². The Morgan fingerprint density at radius 3 is 1.58 bits per heavy atom.